The molecule has 4 rings (SSSR count). The first-order valence-corrected chi connectivity index (χ1v) is 11.1. The molecule has 1 fully saturated rings. The Morgan fingerprint density at radius 1 is 1.12 bits per heavy atom. The number of nitrogens with zero attached hydrogens (tertiary/aromatic N) is 1. The van der Waals surface area contributed by atoms with Crippen LogP contribution in [0.25, 0.3) is 0 Å². The zero-order valence-electron chi connectivity index (χ0n) is 19.0. The molecule has 3 N–H and O–H groups in total. The largest absolute Gasteiger partial charge is 0.490 e. The number of rotatable bonds is 4. The number of likely N-dealkylation sites (N-methyl/N-ethyl adjacent to an activating group) is 1. The predicted molar refractivity (Wildman–Crippen MR) is 123 cm³/mol. The number of nitrogens with one attached hydrogen (secondary N) is 3. The second-order valence-electron chi connectivity index (χ2n) is 8.35. The van der Waals surface area contributed by atoms with Crippen molar-refractivity contribution in [1.82, 2.24) is 10.2 Å². The number of fused-ring (bicyclic) bond motifs is 2. The summed E-state index contributed by atoms with van der Waals surface area (Å²) in [4.78, 5) is 39.0. The summed E-state index contributed by atoms with van der Waals surface area (Å²) in [7, 11) is 3.30. The average Bonchev–Trinajstić information content (AvgIpc) is 2.81. The van der Waals surface area contributed by atoms with E-state index in [9.17, 15) is 18.8 Å². The molecule has 0 radical (unpaired) electrons. The fraction of sp³-hybridized carbons (Fsp3) is 0.375. The maximum atomic E-state index is 13.3. The Kier molecular flexibility index (Phi) is 6.97. The minimum atomic E-state index is -0.569. The Balaban J connectivity index is 1.47. The number of carbonyl (C=O) groups is 3. The van der Waals surface area contributed by atoms with Crippen molar-refractivity contribution >= 4 is 29.2 Å². The molecule has 2 heterocycles. The van der Waals surface area contributed by atoms with E-state index in [0.717, 1.165) is 0 Å². The van der Waals surface area contributed by atoms with Gasteiger partial charge in [0.15, 0.2) is 0 Å². The minimum Gasteiger partial charge on any atom is -0.490 e. The fourth-order valence-electron chi connectivity index (χ4n) is 4.27. The van der Waals surface area contributed by atoms with Crippen molar-refractivity contribution in [2.24, 2.45) is 0 Å². The van der Waals surface area contributed by atoms with E-state index in [-0.39, 0.29) is 43.1 Å². The zero-order chi connectivity index (χ0) is 24.2. The smallest absolute Gasteiger partial charge is 0.323 e. The third-order valence-corrected chi connectivity index (χ3v) is 6.04. The van der Waals surface area contributed by atoms with Crippen molar-refractivity contribution in [3.8, 4) is 5.75 Å². The van der Waals surface area contributed by atoms with E-state index < -0.39 is 11.8 Å². The Labute approximate surface area is 196 Å². The minimum absolute atomic E-state index is 0.0912. The van der Waals surface area contributed by atoms with Crippen LogP contribution in [0.5, 0.6) is 5.75 Å². The van der Waals surface area contributed by atoms with Gasteiger partial charge in [0, 0.05) is 25.5 Å². The topological polar surface area (TPSA) is 109 Å². The molecule has 2 aliphatic rings. The van der Waals surface area contributed by atoms with Gasteiger partial charge in [-0.1, -0.05) is 6.07 Å². The summed E-state index contributed by atoms with van der Waals surface area (Å²) in [5.74, 6) is -0.434. The van der Waals surface area contributed by atoms with Crippen molar-refractivity contribution in [3.05, 3.63) is 53.8 Å². The number of hydrogen-bond donors (Lipinski definition) is 3. The van der Waals surface area contributed by atoms with E-state index >= 15 is 0 Å². The molecular weight excluding hydrogens is 443 g/mol. The third kappa shape index (κ3) is 5.28. The van der Waals surface area contributed by atoms with Crippen LogP contribution < -0.4 is 20.7 Å². The van der Waals surface area contributed by atoms with Crippen LogP contribution in [0.4, 0.5) is 20.6 Å². The molecule has 0 unspecified atom stereocenters. The number of carbonyl (C=O) groups excluding carboxylic acids is 3. The molecule has 34 heavy (non-hydrogen) atoms. The van der Waals surface area contributed by atoms with Gasteiger partial charge in [-0.25, -0.2) is 9.18 Å². The highest BCUT2D eigenvalue weighted by atomic mass is 19.1. The first-order valence-electron chi connectivity index (χ1n) is 11.1. The normalized spacial score (nSPS) is 21.8. The van der Waals surface area contributed by atoms with Gasteiger partial charge >= 0.3 is 6.03 Å². The number of anilines is 2. The molecule has 0 aromatic heterocycles. The highest BCUT2D eigenvalue weighted by Crippen LogP contribution is 2.32. The molecule has 3 atom stereocenters. The van der Waals surface area contributed by atoms with Gasteiger partial charge < -0.3 is 30.3 Å². The third-order valence-electron chi connectivity index (χ3n) is 6.04. The van der Waals surface area contributed by atoms with Gasteiger partial charge in [-0.3, -0.25) is 9.59 Å². The monoisotopic (exact) mass is 470 g/mol. The zero-order valence-corrected chi connectivity index (χ0v) is 19.0. The van der Waals surface area contributed by atoms with Crippen LogP contribution in [-0.2, 0) is 9.53 Å². The Morgan fingerprint density at radius 3 is 2.62 bits per heavy atom. The van der Waals surface area contributed by atoms with Crippen molar-refractivity contribution in [1.29, 1.82) is 0 Å². The number of hydrogen-bond acceptors (Lipinski definition) is 5. The van der Waals surface area contributed by atoms with Gasteiger partial charge in [0.05, 0.1) is 24.1 Å². The molecule has 10 heteroatoms. The molecule has 2 aromatic rings. The van der Waals surface area contributed by atoms with Crippen LogP contribution >= 0.6 is 0 Å². The van der Waals surface area contributed by atoms with Crippen LogP contribution in [0.2, 0.25) is 0 Å². The highest BCUT2D eigenvalue weighted by molar-refractivity contribution is 6.02. The molecule has 9 nitrogen and oxygen atoms in total. The summed E-state index contributed by atoms with van der Waals surface area (Å²) in [5.41, 5.74) is 1.01. The molecular formula is C24H27FN4O5. The Bertz CT molecular complexity index is 1090. The van der Waals surface area contributed by atoms with Crippen LogP contribution in [0.15, 0.2) is 42.5 Å². The number of ether oxygens (including phenoxy) is 2. The number of halogens is 1. The lowest BCUT2D eigenvalue weighted by Gasteiger charge is -2.42. The van der Waals surface area contributed by atoms with Gasteiger partial charge in [-0.2, -0.15) is 0 Å². The van der Waals surface area contributed by atoms with E-state index in [0.29, 0.717) is 35.5 Å². The summed E-state index contributed by atoms with van der Waals surface area (Å²) in [6, 6.07) is 9.56. The standard InChI is InChI=1S/C24H27FN4O5/c1-26-22(30)12-17-7-8-19-21(34-17)13-33-20-9-6-16(11-18(20)23(31)29(19)2)28-24(32)27-15-5-3-4-14(25)10-15/h3-6,9-11,17,19,21H,7-8,12-13H2,1-2H3,(H,26,30)(H2,27,28,32)/t17-,19-,21+/m0/s1. The molecule has 2 aromatic carbocycles. The van der Waals surface area contributed by atoms with E-state index in [1.165, 1.54) is 18.2 Å². The number of urea groups is 1. The lowest BCUT2D eigenvalue weighted by molar-refractivity contribution is -0.133. The van der Waals surface area contributed by atoms with Crippen molar-refractivity contribution < 1.29 is 28.2 Å². The lowest BCUT2D eigenvalue weighted by Crippen LogP contribution is -2.53. The SMILES string of the molecule is CNC(=O)C[C@@H]1CC[C@H]2[C@@H](COc3ccc(NC(=O)Nc4cccc(F)c4)cc3C(=O)N2C)O1. The van der Waals surface area contributed by atoms with E-state index in [1.54, 1.807) is 43.3 Å². The molecule has 0 aliphatic carbocycles. The summed E-state index contributed by atoms with van der Waals surface area (Å²) < 4.78 is 25.4. The Hall–Kier alpha value is -3.66. The average molecular weight is 471 g/mol. The molecule has 2 aliphatic heterocycles. The molecule has 0 bridgehead atoms. The predicted octanol–water partition coefficient (Wildman–Crippen LogP) is 2.99. The van der Waals surface area contributed by atoms with Crippen molar-refractivity contribution in [2.45, 2.75) is 37.5 Å². The van der Waals surface area contributed by atoms with Crippen molar-refractivity contribution in [3.63, 3.8) is 0 Å². The maximum Gasteiger partial charge on any atom is 0.323 e. The lowest BCUT2D eigenvalue weighted by atomic mass is 9.94. The van der Waals surface area contributed by atoms with Crippen LogP contribution in [-0.4, -0.2) is 61.7 Å². The quantitative estimate of drug-likeness (QED) is 0.637. The summed E-state index contributed by atoms with van der Waals surface area (Å²) in [6.07, 6.45) is 1.01. The second-order valence-corrected chi connectivity index (χ2v) is 8.35. The molecule has 4 amide bonds. The van der Waals surface area contributed by atoms with Gasteiger partial charge in [0.25, 0.3) is 5.91 Å². The van der Waals surface area contributed by atoms with Crippen LogP contribution in [0.1, 0.15) is 29.6 Å². The van der Waals surface area contributed by atoms with E-state index in [4.69, 9.17) is 9.47 Å². The molecule has 1 saturated heterocycles. The van der Waals surface area contributed by atoms with Crippen LogP contribution in [0, 0.1) is 5.82 Å². The molecule has 0 saturated carbocycles. The first-order chi connectivity index (χ1) is 16.3. The highest BCUT2D eigenvalue weighted by Gasteiger charge is 2.39. The number of amides is 4. The summed E-state index contributed by atoms with van der Waals surface area (Å²) >= 11 is 0. The molecule has 0 spiro atoms. The first kappa shape index (κ1) is 23.5. The second kappa shape index (κ2) is 10.1. The van der Waals surface area contributed by atoms with Gasteiger partial charge in [0.2, 0.25) is 5.91 Å². The van der Waals surface area contributed by atoms with Crippen LogP contribution in [0.3, 0.4) is 0 Å². The van der Waals surface area contributed by atoms with Gasteiger partial charge in [-0.05, 0) is 49.2 Å². The summed E-state index contributed by atoms with van der Waals surface area (Å²) in [6.45, 7) is 0.229. The van der Waals surface area contributed by atoms with Crippen molar-refractivity contribution in [2.75, 3.05) is 31.3 Å². The maximum absolute atomic E-state index is 13.3. The Morgan fingerprint density at radius 2 is 1.88 bits per heavy atom. The van der Waals surface area contributed by atoms with Gasteiger partial charge in [0.1, 0.15) is 24.3 Å². The fourth-order valence-corrected chi connectivity index (χ4v) is 4.27. The summed E-state index contributed by atoms with van der Waals surface area (Å²) in [5, 5.41) is 7.81. The number of benzene rings is 2. The molecule has 180 valence electrons. The van der Waals surface area contributed by atoms with Gasteiger partial charge in [-0.15, -0.1) is 0 Å². The van der Waals surface area contributed by atoms with E-state index in [1.807, 2.05) is 0 Å². The van der Waals surface area contributed by atoms with E-state index in [2.05, 4.69) is 16.0 Å².